The molecule has 1 aliphatic rings. The molecule has 1 aromatic heterocycles. The summed E-state index contributed by atoms with van der Waals surface area (Å²) >= 11 is 9.49. The summed E-state index contributed by atoms with van der Waals surface area (Å²) < 4.78 is 0.937. The van der Waals surface area contributed by atoms with E-state index in [1.54, 1.807) is 0 Å². The molecule has 1 aliphatic carbocycles. The molecule has 1 unspecified atom stereocenters. The van der Waals surface area contributed by atoms with Gasteiger partial charge >= 0.3 is 0 Å². The summed E-state index contributed by atoms with van der Waals surface area (Å²) in [7, 11) is 0. The van der Waals surface area contributed by atoms with Crippen molar-refractivity contribution >= 4 is 44.3 Å². The van der Waals surface area contributed by atoms with E-state index in [2.05, 4.69) is 38.1 Å². The van der Waals surface area contributed by atoms with Crippen LogP contribution in [0.5, 0.6) is 0 Å². The molecule has 3 nitrogen and oxygen atoms in total. The second-order valence-corrected chi connectivity index (χ2v) is 5.94. The molecule has 1 fully saturated rings. The van der Waals surface area contributed by atoms with Crippen molar-refractivity contribution in [3.63, 3.8) is 0 Å². The van der Waals surface area contributed by atoms with E-state index in [0.29, 0.717) is 6.04 Å². The van der Waals surface area contributed by atoms with Crippen LogP contribution in [-0.4, -0.2) is 16.0 Å². The van der Waals surface area contributed by atoms with Gasteiger partial charge in [-0.05, 0) is 65.3 Å². The van der Waals surface area contributed by atoms with E-state index in [0.717, 1.165) is 27.1 Å². The summed E-state index contributed by atoms with van der Waals surface area (Å²) in [5, 5.41) is 4.74. The maximum atomic E-state index is 5.99. The quantitative estimate of drug-likeness (QED) is 0.857. The highest BCUT2D eigenvalue weighted by atomic mass is 79.9. The van der Waals surface area contributed by atoms with Crippen molar-refractivity contribution in [3.8, 4) is 0 Å². The molecule has 0 spiro atoms. The molecule has 0 bridgehead atoms. The normalized spacial score (nSPS) is 16.8. The van der Waals surface area contributed by atoms with Crippen molar-refractivity contribution in [1.82, 2.24) is 9.97 Å². The minimum Gasteiger partial charge on any atom is -0.367 e. The Balaban J connectivity index is 2.06. The van der Waals surface area contributed by atoms with Crippen LogP contribution in [-0.2, 0) is 0 Å². The summed E-state index contributed by atoms with van der Waals surface area (Å²) in [6.07, 6.45) is 2.60. The van der Waals surface area contributed by atoms with Gasteiger partial charge in [0.15, 0.2) is 0 Å². The monoisotopic (exact) mass is 325 g/mol. The van der Waals surface area contributed by atoms with Crippen LogP contribution >= 0.6 is 27.5 Å². The first kappa shape index (κ1) is 12.2. The van der Waals surface area contributed by atoms with Gasteiger partial charge in [-0.1, -0.05) is 6.07 Å². The number of halogens is 2. The van der Waals surface area contributed by atoms with Crippen molar-refractivity contribution in [2.75, 3.05) is 5.32 Å². The summed E-state index contributed by atoms with van der Waals surface area (Å²) in [5.74, 6) is 1.59. The minimum atomic E-state index is 0.278. The van der Waals surface area contributed by atoms with Crippen molar-refractivity contribution in [1.29, 1.82) is 0 Å². The van der Waals surface area contributed by atoms with Gasteiger partial charge in [0, 0.05) is 15.9 Å². The number of nitrogens with one attached hydrogen (secondary N) is 1. The van der Waals surface area contributed by atoms with Gasteiger partial charge < -0.3 is 5.32 Å². The molecule has 18 heavy (non-hydrogen) atoms. The van der Waals surface area contributed by atoms with E-state index in [1.807, 2.05) is 18.2 Å². The van der Waals surface area contributed by atoms with Crippen LogP contribution in [0.3, 0.4) is 0 Å². The van der Waals surface area contributed by atoms with E-state index < -0.39 is 0 Å². The molecule has 94 valence electrons. The van der Waals surface area contributed by atoms with Crippen LogP contribution in [0.15, 0.2) is 22.7 Å². The van der Waals surface area contributed by atoms with Crippen LogP contribution in [0.2, 0.25) is 5.28 Å². The van der Waals surface area contributed by atoms with Crippen LogP contribution in [0, 0.1) is 5.92 Å². The minimum absolute atomic E-state index is 0.278. The van der Waals surface area contributed by atoms with Gasteiger partial charge in [0.1, 0.15) is 5.82 Å². The third kappa shape index (κ3) is 2.31. The Morgan fingerprint density at radius 2 is 2.17 bits per heavy atom. The van der Waals surface area contributed by atoms with Crippen LogP contribution in [0.25, 0.3) is 10.9 Å². The number of anilines is 1. The summed E-state index contributed by atoms with van der Waals surface area (Å²) in [4.78, 5) is 8.59. The zero-order valence-electron chi connectivity index (χ0n) is 9.95. The van der Waals surface area contributed by atoms with Crippen molar-refractivity contribution in [2.24, 2.45) is 5.92 Å². The lowest BCUT2D eigenvalue weighted by molar-refractivity contribution is 0.691. The first-order valence-corrected chi connectivity index (χ1v) is 7.20. The Labute approximate surface area is 119 Å². The van der Waals surface area contributed by atoms with Gasteiger partial charge in [0.05, 0.1) is 5.52 Å². The molecular formula is C13H13BrClN3. The van der Waals surface area contributed by atoms with Gasteiger partial charge in [-0.2, -0.15) is 0 Å². The van der Waals surface area contributed by atoms with Gasteiger partial charge in [-0.15, -0.1) is 0 Å². The molecule has 1 aromatic carbocycles. The third-order valence-corrected chi connectivity index (χ3v) is 4.15. The molecule has 1 N–H and O–H groups in total. The number of benzene rings is 1. The lowest BCUT2D eigenvalue weighted by Gasteiger charge is -2.15. The largest absolute Gasteiger partial charge is 0.367 e. The topological polar surface area (TPSA) is 37.8 Å². The van der Waals surface area contributed by atoms with E-state index in [-0.39, 0.29) is 5.28 Å². The number of fused-ring (bicyclic) bond motifs is 1. The van der Waals surface area contributed by atoms with Crippen molar-refractivity contribution < 1.29 is 0 Å². The molecule has 1 heterocycles. The van der Waals surface area contributed by atoms with Crippen LogP contribution in [0.1, 0.15) is 19.8 Å². The standard InChI is InChI=1S/C13H13BrClN3/c1-7(8-5-6-8)16-12-9-3-2-4-10(14)11(9)17-13(15)18-12/h2-4,7-8H,5-6H2,1H3,(H,16,17,18). The summed E-state index contributed by atoms with van der Waals surface area (Å²) in [5.41, 5.74) is 0.850. The average molecular weight is 327 g/mol. The second kappa shape index (κ2) is 4.67. The molecule has 5 heteroatoms. The molecule has 0 saturated heterocycles. The molecule has 2 aromatic rings. The Kier molecular flexibility index (Phi) is 3.16. The Morgan fingerprint density at radius 1 is 1.39 bits per heavy atom. The zero-order valence-corrected chi connectivity index (χ0v) is 12.3. The molecule has 1 atom stereocenters. The van der Waals surface area contributed by atoms with Gasteiger partial charge in [-0.25, -0.2) is 9.97 Å². The molecular weight excluding hydrogens is 314 g/mol. The van der Waals surface area contributed by atoms with Gasteiger partial charge in [-0.3, -0.25) is 0 Å². The smallest absolute Gasteiger partial charge is 0.224 e. The Morgan fingerprint density at radius 3 is 2.89 bits per heavy atom. The SMILES string of the molecule is CC(Nc1nc(Cl)nc2c(Br)cccc12)C1CC1. The molecule has 1 saturated carbocycles. The molecule has 0 aliphatic heterocycles. The number of rotatable bonds is 3. The predicted octanol–water partition coefficient (Wildman–Crippen LogP) is 4.26. The summed E-state index contributed by atoms with van der Waals surface area (Å²) in [6.45, 7) is 2.19. The number of nitrogens with zero attached hydrogens (tertiary/aromatic N) is 2. The molecule has 0 radical (unpaired) electrons. The number of hydrogen-bond acceptors (Lipinski definition) is 3. The van der Waals surface area contributed by atoms with Crippen molar-refractivity contribution in [2.45, 2.75) is 25.8 Å². The predicted molar refractivity (Wildman–Crippen MR) is 78.1 cm³/mol. The van der Waals surface area contributed by atoms with Crippen LogP contribution in [0.4, 0.5) is 5.82 Å². The summed E-state index contributed by atoms with van der Waals surface area (Å²) in [6, 6.07) is 6.38. The number of aromatic nitrogens is 2. The maximum Gasteiger partial charge on any atom is 0.224 e. The Bertz CT molecular complexity index is 598. The van der Waals surface area contributed by atoms with Gasteiger partial charge in [0.25, 0.3) is 0 Å². The van der Waals surface area contributed by atoms with E-state index in [9.17, 15) is 0 Å². The second-order valence-electron chi connectivity index (χ2n) is 4.75. The molecule has 0 amide bonds. The fourth-order valence-electron chi connectivity index (χ4n) is 2.13. The van der Waals surface area contributed by atoms with E-state index >= 15 is 0 Å². The highest BCUT2D eigenvalue weighted by molar-refractivity contribution is 9.10. The number of para-hydroxylation sites is 1. The van der Waals surface area contributed by atoms with E-state index in [1.165, 1.54) is 12.8 Å². The highest BCUT2D eigenvalue weighted by Crippen LogP contribution is 2.35. The fraction of sp³-hybridized carbons (Fsp3) is 0.385. The first-order valence-electron chi connectivity index (χ1n) is 6.03. The molecule has 3 rings (SSSR count). The first-order chi connectivity index (χ1) is 8.65. The Hall–Kier alpha value is -0.870. The van der Waals surface area contributed by atoms with Crippen LogP contribution < -0.4 is 5.32 Å². The highest BCUT2D eigenvalue weighted by Gasteiger charge is 2.28. The lowest BCUT2D eigenvalue weighted by atomic mass is 10.2. The zero-order chi connectivity index (χ0) is 12.7. The van der Waals surface area contributed by atoms with Gasteiger partial charge in [0.2, 0.25) is 5.28 Å². The lowest BCUT2D eigenvalue weighted by Crippen LogP contribution is -2.18. The average Bonchev–Trinajstić information content (AvgIpc) is 3.14. The third-order valence-electron chi connectivity index (χ3n) is 3.34. The number of hydrogen-bond donors (Lipinski definition) is 1. The maximum absolute atomic E-state index is 5.99. The van der Waals surface area contributed by atoms with E-state index in [4.69, 9.17) is 11.6 Å². The van der Waals surface area contributed by atoms with Crippen molar-refractivity contribution in [3.05, 3.63) is 28.0 Å². The fourth-order valence-corrected chi connectivity index (χ4v) is 2.75.